The van der Waals surface area contributed by atoms with Gasteiger partial charge < -0.3 is 10.1 Å². The molecule has 0 aliphatic rings. The Morgan fingerprint density at radius 2 is 2.15 bits per heavy atom. The fourth-order valence-corrected chi connectivity index (χ4v) is 1.62. The summed E-state index contributed by atoms with van der Waals surface area (Å²) in [7, 11) is 0. The lowest BCUT2D eigenvalue weighted by Gasteiger charge is -2.01. The van der Waals surface area contributed by atoms with Crippen molar-refractivity contribution in [2.75, 3.05) is 0 Å². The van der Waals surface area contributed by atoms with E-state index >= 15 is 0 Å². The summed E-state index contributed by atoms with van der Waals surface area (Å²) in [6.07, 6.45) is 2.40. The lowest BCUT2D eigenvalue weighted by molar-refractivity contribution is 0.196. The van der Waals surface area contributed by atoms with Crippen molar-refractivity contribution in [2.24, 2.45) is 0 Å². The van der Waals surface area contributed by atoms with Gasteiger partial charge in [-0.15, -0.1) is 0 Å². The summed E-state index contributed by atoms with van der Waals surface area (Å²) >= 11 is 0. The van der Waals surface area contributed by atoms with E-state index in [2.05, 4.69) is 11.1 Å². The summed E-state index contributed by atoms with van der Waals surface area (Å²) in [6, 6.07) is 8.14. The van der Waals surface area contributed by atoms with E-state index in [4.69, 9.17) is 0 Å². The SMILES string of the molecule is C[C@H](O)Cc1c[nH]c2ccccc12. The number of aromatic amines is 1. The van der Waals surface area contributed by atoms with Crippen molar-refractivity contribution in [1.29, 1.82) is 0 Å². The Morgan fingerprint density at radius 3 is 2.92 bits per heavy atom. The maximum Gasteiger partial charge on any atom is 0.0553 e. The fraction of sp³-hybridized carbons (Fsp3) is 0.273. The number of para-hydroxylation sites is 1. The summed E-state index contributed by atoms with van der Waals surface area (Å²) in [5.74, 6) is 0. The molecule has 1 aromatic carbocycles. The molecule has 0 fully saturated rings. The van der Waals surface area contributed by atoms with Crippen LogP contribution < -0.4 is 0 Å². The van der Waals surface area contributed by atoms with Crippen LogP contribution in [0.4, 0.5) is 0 Å². The third kappa shape index (κ3) is 1.58. The lowest BCUT2D eigenvalue weighted by Crippen LogP contribution is -2.03. The molecular weight excluding hydrogens is 162 g/mol. The first-order valence-electron chi connectivity index (χ1n) is 4.50. The van der Waals surface area contributed by atoms with Gasteiger partial charge in [0, 0.05) is 23.5 Å². The Morgan fingerprint density at radius 1 is 1.38 bits per heavy atom. The summed E-state index contributed by atoms with van der Waals surface area (Å²) in [5, 5.41) is 10.5. The second-order valence-corrected chi connectivity index (χ2v) is 3.41. The monoisotopic (exact) mass is 175 g/mol. The molecule has 1 atom stereocenters. The number of aliphatic hydroxyl groups is 1. The zero-order valence-electron chi connectivity index (χ0n) is 7.62. The normalized spacial score (nSPS) is 13.4. The summed E-state index contributed by atoms with van der Waals surface area (Å²) < 4.78 is 0. The zero-order valence-corrected chi connectivity index (χ0v) is 7.62. The third-order valence-electron chi connectivity index (χ3n) is 2.19. The van der Waals surface area contributed by atoms with Crippen molar-refractivity contribution in [3.8, 4) is 0 Å². The zero-order chi connectivity index (χ0) is 9.26. The molecule has 0 aliphatic carbocycles. The van der Waals surface area contributed by atoms with Gasteiger partial charge in [0.2, 0.25) is 0 Å². The van der Waals surface area contributed by atoms with Gasteiger partial charge in [0.1, 0.15) is 0 Å². The average molecular weight is 175 g/mol. The molecule has 0 saturated heterocycles. The number of hydrogen-bond donors (Lipinski definition) is 2. The van der Waals surface area contributed by atoms with Crippen molar-refractivity contribution in [1.82, 2.24) is 4.98 Å². The minimum absolute atomic E-state index is 0.279. The third-order valence-corrected chi connectivity index (χ3v) is 2.19. The minimum atomic E-state index is -0.279. The van der Waals surface area contributed by atoms with Crippen LogP contribution >= 0.6 is 0 Å². The summed E-state index contributed by atoms with van der Waals surface area (Å²) in [4.78, 5) is 3.18. The van der Waals surface area contributed by atoms with Crippen LogP contribution in [-0.4, -0.2) is 16.2 Å². The van der Waals surface area contributed by atoms with E-state index in [-0.39, 0.29) is 6.10 Å². The summed E-state index contributed by atoms with van der Waals surface area (Å²) in [6.45, 7) is 1.81. The fourth-order valence-electron chi connectivity index (χ4n) is 1.62. The minimum Gasteiger partial charge on any atom is -0.393 e. The molecule has 0 spiro atoms. The van der Waals surface area contributed by atoms with Crippen molar-refractivity contribution >= 4 is 10.9 Å². The van der Waals surface area contributed by atoms with Crippen LogP contribution in [0.15, 0.2) is 30.5 Å². The average Bonchev–Trinajstić information content (AvgIpc) is 2.48. The number of rotatable bonds is 2. The Labute approximate surface area is 77.2 Å². The smallest absolute Gasteiger partial charge is 0.0553 e. The molecule has 68 valence electrons. The quantitative estimate of drug-likeness (QED) is 0.720. The van der Waals surface area contributed by atoms with Crippen LogP contribution in [0.25, 0.3) is 10.9 Å². The lowest BCUT2D eigenvalue weighted by atomic mass is 10.1. The van der Waals surface area contributed by atoms with E-state index in [1.165, 1.54) is 10.9 Å². The standard InChI is InChI=1S/C11H13NO/c1-8(13)6-9-7-12-11-5-3-2-4-10(9)11/h2-5,7-8,12-13H,6H2,1H3/t8-/m0/s1. The summed E-state index contributed by atoms with van der Waals surface area (Å²) in [5.41, 5.74) is 2.32. The predicted octanol–water partition coefficient (Wildman–Crippen LogP) is 2.09. The number of hydrogen-bond acceptors (Lipinski definition) is 1. The first kappa shape index (κ1) is 8.32. The largest absolute Gasteiger partial charge is 0.393 e. The highest BCUT2D eigenvalue weighted by Crippen LogP contribution is 2.18. The molecule has 0 bridgehead atoms. The van der Waals surface area contributed by atoms with Gasteiger partial charge in [0.25, 0.3) is 0 Å². The van der Waals surface area contributed by atoms with E-state index in [1.54, 1.807) is 0 Å². The molecular formula is C11H13NO. The molecule has 0 amide bonds. The van der Waals surface area contributed by atoms with Crippen molar-refractivity contribution in [3.05, 3.63) is 36.0 Å². The van der Waals surface area contributed by atoms with Crippen molar-refractivity contribution < 1.29 is 5.11 Å². The molecule has 2 N–H and O–H groups in total. The van der Waals surface area contributed by atoms with Crippen LogP contribution in [-0.2, 0) is 6.42 Å². The Bertz CT molecular complexity index is 403. The number of aromatic nitrogens is 1. The van der Waals surface area contributed by atoms with Crippen LogP contribution in [0, 0.1) is 0 Å². The Hall–Kier alpha value is -1.28. The first-order valence-corrected chi connectivity index (χ1v) is 4.50. The van der Waals surface area contributed by atoms with Gasteiger partial charge in [-0.1, -0.05) is 18.2 Å². The molecule has 1 aromatic heterocycles. The number of fused-ring (bicyclic) bond motifs is 1. The van der Waals surface area contributed by atoms with Crippen molar-refractivity contribution in [3.63, 3.8) is 0 Å². The second kappa shape index (κ2) is 3.23. The van der Waals surface area contributed by atoms with Gasteiger partial charge in [0.15, 0.2) is 0 Å². The molecule has 2 rings (SSSR count). The van der Waals surface area contributed by atoms with E-state index in [9.17, 15) is 5.11 Å². The molecule has 1 heterocycles. The van der Waals surface area contributed by atoms with Gasteiger partial charge in [0.05, 0.1) is 6.10 Å². The number of nitrogens with one attached hydrogen (secondary N) is 1. The highest BCUT2D eigenvalue weighted by Gasteiger charge is 2.04. The number of H-pyrrole nitrogens is 1. The topological polar surface area (TPSA) is 36.0 Å². The highest BCUT2D eigenvalue weighted by molar-refractivity contribution is 5.83. The second-order valence-electron chi connectivity index (χ2n) is 3.41. The molecule has 13 heavy (non-hydrogen) atoms. The molecule has 2 heteroatoms. The van der Waals surface area contributed by atoms with Crippen LogP contribution in [0.2, 0.25) is 0 Å². The van der Waals surface area contributed by atoms with E-state index < -0.39 is 0 Å². The Kier molecular flexibility index (Phi) is 2.07. The van der Waals surface area contributed by atoms with Gasteiger partial charge in [-0.2, -0.15) is 0 Å². The molecule has 0 saturated carbocycles. The number of benzene rings is 1. The van der Waals surface area contributed by atoms with E-state index in [0.717, 1.165) is 5.52 Å². The molecule has 2 aromatic rings. The van der Waals surface area contributed by atoms with Crippen LogP contribution in [0.5, 0.6) is 0 Å². The Balaban J connectivity index is 2.46. The van der Waals surface area contributed by atoms with Crippen LogP contribution in [0.1, 0.15) is 12.5 Å². The van der Waals surface area contributed by atoms with Crippen LogP contribution in [0.3, 0.4) is 0 Å². The van der Waals surface area contributed by atoms with Crippen molar-refractivity contribution in [2.45, 2.75) is 19.4 Å². The molecule has 0 aliphatic heterocycles. The molecule has 2 nitrogen and oxygen atoms in total. The van der Waals surface area contributed by atoms with Gasteiger partial charge >= 0.3 is 0 Å². The maximum absolute atomic E-state index is 9.27. The maximum atomic E-state index is 9.27. The molecule has 0 unspecified atom stereocenters. The predicted molar refractivity (Wildman–Crippen MR) is 53.7 cm³/mol. The van der Waals surface area contributed by atoms with E-state index in [1.807, 2.05) is 31.3 Å². The van der Waals surface area contributed by atoms with Gasteiger partial charge in [-0.25, -0.2) is 0 Å². The number of aliphatic hydroxyl groups excluding tert-OH is 1. The van der Waals surface area contributed by atoms with Gasteiger partial charge in [-0.3, -0.25) is 0 Å². The van der Waals surface area contributed by atoms with E-state index in [0.29, 0.717) is 6.42 Å². The first-order chi connectivity index (χ1) is 6.27. The molecule has 0 radical (unpaired) electrons. The highest BCUT2D eigenvalue weighted by atomic mass is 16.3. The van der Waals surface area contributed by atoms with Gasteiger partial charge in [-0.05, 0) is 18.6 Å².